The molecule has 1 fully saturated rings. The standard InChI is InChI=1S/C33H29FN4O3S/c1-22(35-29(39)19-23-9-4-2-5-10-23)31(40)36-27-17-15-25(16-18-27)30-32(41)38(21-24-11-6-3-7-12-24)33(42-30)37-28-14-8-13-26(34)20-28/h2-18,20,22,30H,19,21H2,1H3,(H,35,39)(H,36,40). The molecule has 0 bridgehead atoms. The van der Waals surface area contributed by atoms with Crippen molar-refractivity contribution in [1.82, 2.24) is 10.2 Å². The molecule has 2 atom stereocenters. The number of thioether (sulfide) groups is 1. The van der Waals surface area contributed by atoms with Crippen molar-refractivity contribution in [3.05, 3.63) is 132 Å². The summed E-state index contributed by atoms with van der Waals surface area (Å²) in [5.41, 5.74) is 3.52. The van der Waals surface area contributed by atoms with Gasteiger partial charge >= 0.3 is 0 Å². The molecule has 0 aliphatic carbocycles. The van der Waals surface area contributed by atoms with E-state index >= 15 is 0 Å². The summed E-state index contributed by atoms with van der Waals surface area (Å²) in [6.07, 6.45) is 0.187. The molecular weight excluding hydrogens is 551 g/mol. The lowest BCUT2D eigenvalue weighted by molar-refractivity contribution is -0.126. The molecule has 0 radical (unpaired) electrons. The summed E-state index contributed by atoms with van der Waals surface area (Å²) in [5, 5.41) is 5.46. The lowest BCUT2D eigenvalue weighted by atomic mass is 10.1. The van der Waals surface area contributed by atoms with Crippen LogP contribution in [0.3, 0.4) is 0 Å². The average molecular weight is 581 g/mol. The van der Waals surface area contributed by atoms with Crippen LogP contribution in [0.1, 0.15) is 28.9 Å². The maximum atomic E-state index is 13.8. The third kappa shape index (κ3) is 7.30. The fourth-order valence-corrected chi connectivity index (χ4v) is 5.62. The van der Waals surface area contributed by atoms with Gasteiger partial charge in [-0.1, -0.05) is 90.6 Å². The number of carbonyl (C=O) groups is 3. The van der Waals surface area contributed by atoms with Crippen LogP contribution in [-0.2, 0) is 27.3 Å². The van der Waals surface area contributed by atoms with E-state index in [1.807, 2.05) is 60.7 Å². The Morgan fingerprint density at radius 2 is 1.57 bits per heavy atom. The molecular formula is C33H29FN4O3S. The van der Waals surface area contributed by atoms with Crippen molar-refractivity contribution in [3.8, 4) is 0 Å². The van der Waals surface area contributed by atoms with Crippen molar-refractivity contribution in [1.29, 1.82) is 0 Å². The van der Waals surface area contributed by atoms with Crippen LogP contribution in [0.4, 0.5) is 15.8 Å². The summed E-state index contributed by atoms with van der Waals surface area (Å²) in [5.74, 6) is -1.13. The zero-order valence-corrected chi connectivity index (χ0v) is 23.7. The number of amides is 3. The van der Waals surface area contributed by atoms with E-state index in [0.29, 0.717) is 23.1 Å². The number of rotatable bonds is 9. The van der Waals surface area contributed by atoms with E-state index in [0.717, 1.165) is 16.7 Å². The van der Waals surface area contributed by atoms with Gasteiger partial charge in [0.1, 0.15) is 17.1 Å². The Bertz CT molecular complexity index is 1600. The second-order valence-corrected chi connectivity index (χ2v) is 10.9. The van der Waals surface area contributed by atoms with E-state index in [4.69, 9.17) is 0 Å². The van der Waals surface area contributed by atoms with Gasteiger partial charge in [0, 0.05) is 5.69 Å². The number of halogens is 1. The molecule has 1 aliphatic heterocycles. The highest BCUT2D eigenvalue weighted by atomic mass is 32.2. The van der Waals surface area contributed by atoms with Gasteiger partial charge in [-0.05, 0) is 53.9 Å². The molecule has 1 saturated heterocycles. The van der Waals surface area contributed by atoms with Gasteiger partial charge in [0.15, 0.2) is 5.17 Å². The quantitative estimate of drug-likeness (QED) is 0.254. The highest BCUT2D eigenvalue weighted by Gasteiger charge is 2.39. The summed E-state index contributed by atoms with van der Waals surface area (Å²) in [7, 11) is 0. The van der Waals surface area contributed by atoms with Gasteiger partial charge in [0.2, 0.25) is 17.7 Å². The monoisotopic (exact) mass is 580 g/mol. The van der Waals surface area contributed by atoms with Crippen LogP contribution in [0.25, 0.3) is 0 Å². The number of carbonyl (C=O) groups excluding carboxylic acids is 3. The highest BCUT2D eigenvalue weighted by molar-refractivity contribution is 8.15. The molecule has 1 heterocycles. The van der Waals surface area contributed by atoms with E-state index in [1.165, 1.54) is 23.9 Å². The Morgan fingerprint density at radius 1 is 0.905 bits per heavy atom. The van der Waals surface area contributed by atoms with E-state index in [9.17, 15) is 18.8 Å². The molecule has 42 heavy (non-hydrogen) atoms. The van der Waals surface area contributed by atoms with Crippen LogP contribution >= 0.6 is 11.8 Å². The molecule has 0 saturated carbocycles. The minimum Gasteiger partial charge on any atom is -0.344 e. The Labute approximate surface area is 247 Å². The zero-order valence-electron chi connectivity index (χ0n) is 22.9. The summed E-state index contributed by atoms with van der Waals surface area (Å²) in [4.78, 5) is 44.9. The number of benzene rings is 4. The first-order chi connectivity index (χ1) is 20.4. The molecule has 4 aromatic carbocycles. The fourth-order valence-electron chi connectivity index (χ4n) is 4.45. The van der Waals surface area contributed by atoms with E-state index in [-0.39, 0.29) is 24.1 Å². The average Bonchev–Trinajstić information content (AvgIpc) is 3.28. The maximum Gasteiger partial charge on any atom is 0.246 e. The van der Waals surface area contributed by atoms with E-state index in [1.54, 1.807) is 48.2 Å². The Kier molecular flexibility index (Phi) is 9.08. The summed E-state index contributed by atoms with van der Waals surface area (Å²) in [6.45, 7) is 1.96. The number of aliphatic imine (C=N–C) groups is 1. The number of nitrogens with zero attached hydrogens (tertiary/aromatic N) is 2. The van der Waals surface area contributed by atoms with Crippen molar-refractivity contribution in [2.45, 2.75) is 31.2 Å². The van der Waals surface area contributed by atoms with Gasteiger partial charge in [-0.3, -0.25) is 19.3 Å². The van der Waals surface area contributed by atoms with Gasteiger partial charge in [-0.25, -0.2) is 9.38 Å². The maximum absolute atomic E-state index is 13.8. The molecule has 4 aromatic rings. The molecule has 7 nitrogen and oxygen atoms in total. The van der Waals surface area contributed by atoms with E-state index in [2.05, 4.69) is 15.6 Å². The van der Waals surface area contributed by atoms with Gasteiger partial charge in [0.05, 0.1) is 18.7 Å². The fraction of sp³-hybridized carbons (Fsp3) is 0.152. The first-order valence-electron chi connectivity index (χ1n) is 13.5. The van der Waals surface area contributed by atoms with Crippen molar-refractivity contribution in [2.75, 3.05) is 5.32 Å². The van der Waals surface area contributed by atoms with Crippen LogP contribution in [0.5, 0.6) is 0 Å². The second kappa shape index (κ2) is 13.3. The van der Waals surface area contributed by atoms with Crippen molar-refractivity contribution < 1.29 is 18.8 Å². The number of nitrogens with one attached hydrogen (secondary N) is 2. The molecule has 0 spiro atoms. The van der Waals surface area contributed by atoms with E-state index < -0.39 is 17.1 Å². The lowest BCUT2D eigenvalue weighted by Gasteiger charge is -2.17. The van der Waals surface area contributed by atoms with Gasteiger partial charge in [-0.15, -0.1) is 0 Å². The second-order valence-electron chi connectivity index (χ2n) is 9.84. The highest BCUT2D eigenvalue weighted by Crippen LogP contribution is 2.41. The topological polar surface area (TPSA) is 90.9 Å². The summed E-state index contributed by atoms with van der Waals surface area (Å²) >= 11 is 1.30. The number of anilines is 1. The van der Waals surface area contributed by atoms with Crippen LogP contribution in [0.15, 0.2) is 114 Å². The first-order valence-corrected chi connectivity index (χ1v) is 14.3. The molecule has 5 rings (SSSR count). The first kappa shape index (κ1) is 28.8. The molecule has 2 unspecified atom stereocenters. The third-order valence-electron chi connectivity index (χ3n) is 6.62. The largest absolute Gasteiger partial charge is 0.344 e. The zero-order chi connectivity index (χ0) is 29.5. The van der Waals surface area contributed by atoms with Crippen LogP contribution in [-0.4, -0.2) is 33.8 Å². The predicted octanol–water partition coefficient (Wildman–Crippen LogP) is 6.02. The van der Waals surface area contributed by atoms with Gasteiger partial charge in [0.25, 0.3) is 0 Å². The Morgan fingerprint density at radius 3 is 2.24 bits per heavy atom. The minimum atomic E-state index is -0.735. The smallest absolute Gasteiger partial charge is 0.246 e. The normalized spacial score (nSPS) is 16.3. The van der Waals surface area contributed by atoms with Crippen molar-refractivity contribution in [3.63, 3.8) is 0 Å². The Balaban J connectivity index is 1.26. The summed E-state index contributed by atoms with van der Waals surface area (Å²) in [6, 6.07) is 31.2. The van der Waals surface area contributed by atoms with Crippen LogP contribution in [0, 0.1) is 5.82 Å². The predicted molar refractivity (Wildman–Crippen MR) is 164 cm³/mol. The van der Waals surface area contributed by atoms with Crippen molar-refractivity contribution in [2.24, 2.45) is 4.99 Å². The van der Waals surface area contributed by atoms with Gasteiger partial charge < -0.3 is 10.6 Å². The molecule has 0 aromatic heterocycles. The minimum absolute atomic E-state index is 0.134. The van der Waals surface area contributed by atoms with Gasteiger partial charge in [-0.2, -0.15) is 0 Å². The number of hydrogen-bond acceptors (Lipinski definition) is 5. The van der Waals surface area contributed by atoms with Crippen molar-refractivity contribution >= 4 is 46.0 Å². The Hall–Kier alpha value is -4.76. The third-order valence-corrected chi connectivity index (χ3v) is 7.85. The lowest BCUT2D eigenvalue weighted by Crippen LogP contribution is -2.42. The molecule has 2 N–H and O–H groups in total. The van der Waals surface area contributed by atoms with Crippen LogP contribution < -0.4 is 10.6 Å². The molecule has 1 aliphatic rings. The molecule has 212 valence electrons. The summed E-state index contributed by atoms with van der Waals surface area (Å²) < 4.78 is 13.8. The number of hydrogen-bond donors (Lipinski definition) is 2. The number of amidine groups is 1. The molecule has 3 amide bonds. The SMILES string of the molecule is CC(NC(=O)Cc1ccccc1)C(=O)Nc1ccc(C2SC(=Nc3cccc(F)c3)N(Cc3ccccc3)C2=O)cc1. The van der Waals surface area contributed by atoms with Crippen LogP contribution in [0.2, 0.25) is 0 Å². The molecule has 9 heteroatoms.